The maximum atomic E-state index is 14.1. The number of piperazine rings is 1. The van der Waals surface area contributed by atoms with Gasteiger partial charge in [-0.1, -0.05) is 0 Å². The van der Waals surface area contributed by atoms with E-state index in [0.717, 1.165) is 44.7 Å². The number of benzene rings is 1. The van der Waals surface area contributed by atoms with Gasteiger partial charge in [-0.25, -0.2) is 4.39 Å². The Kier molecular flexibility index (Phi) is 3.02. The van der Waals surface area contributed by atoms with Crippen molar-refractivity contribution in [2.75, 3.05) is 31.1 Å². The first-order valence-electron chi connectivity index (χ1n) is 6.61. The molecule has 0 aromatic heterocycles. The van der Waals surface area contributed by atoms with Crippen LogP contribution >= 0.6 is 0 Å². The van der Waals surface area contributed by atoms with Crippen LogP contribution in [0.25, 0.3) is 0 Å². The molecule has 0 radical (unpaired) electrons. The van der Waals surface area contributed by atoms with E-state index in [1.54, 1.807) is 6.07 Å². The normalized spacial score (nSPS) is 20.2. The van der Waals surface area contributed by atoms with Gasteiger partial charge in [0.1, 0.15) is 5.82 Å². The molecule has 1 aromatic carbocycles. The number of nitrogens with one attached hydrogen (secondary N) is 1. The molecule has 1 aromatic rings. The summed E-state index contributed by atoms with van der Waals surface area (Å²) in [7, 11) is 0. The molecule has 0 atom stereocenters. The first-order chi connectivity index (χ1) is 8.34. The minimum atomic E-state index is -0.0347. The quantitative estimate of drug-likeness (QED) is 0.800. The van der Waals surface area contributed by atoms with Gasteiger partial charge in [-0.05, 0) is 48.9 Å². The fourth-order valence-corrected chi connectivity index (χ4v) is 2.89. The summed E-state index contributed by atoms with van der Waals surface area (Å²) in [5.74, 6) is -0.0347. The molecule has 92 valence electrons. The molecule has 1 saturated heterocycles. The molecule has 17 heavy (non-hydrogen) atoms. The van der Waals surface area contributed by atoms with Crippen molar-refractivity contribution in [2.45, 2.75) is 25.7 Å². The molecule has 2 nitrogen and oxygen atoms in total. The third-order valence-corrected chi connectivity index (χ3v) is 3.87. The van der Waals surface area contributed by atoms with Crippen LogP contribution in [-0.4, -0.2) is 26.2 Å². The third-order valence-electron chi connectivity index (χ3n) is 3.87. The summed E-state index contributed by atoms with van der Waals surface area (Å²) in [5.41, 5.74) is 3.41. The highest BCUT2D eigenvalue weighted by Gasteiger charge is 2.18. The molecule has 0 spiro atoms. The van der Waals surface area contributed by atoms with Gasteiger partial charge in [-0.2, -0.15) is 0 Å². The van der Waals surface area contributed by atoms with E-state index in [1.807, 2.05) is 0 Å². The molecule has 1 N–H and O–H groups in total. The van der Waals surface area contributed by atoms with Gasteiger partial charge >= 0.3 is 0 Å². The van der Waals surface area contributed by atoms with Crippen LogP contribution in [0.1, 0.15) is 24.0 Å². The Bertz CT molecular complexity index is 411. The van der Waals surface area contributed by atoms with Crippen LogP contribution in [-0.2, 0) is 12.8 Å². The Morgan fingerprint density at radius 2 is 1.65 bits per heavy atom. The number of hydrogen-bond donors (Lipinski definition) is 1. The molecule has 1 fully saturated rings. The van der Waals surface area contributed by atoms with Gasteiger partial charge in [0.25, 0.3) is 0 Å². The zero-order valence-electron chi connectivity index (χ0n) is 10.1. The van der Waals surface area contributed by atoms with Gasteiger partial charge < -0.3 is 10.2 Å². The Labute approximate surface area is 102 Å². The molecule has 0 bridgehead atoms. The monoisotopic (exact) mass is 234 g/mol. The van der Waals surface area contributed by atoms with Crippen LogP contribution in [0.5, 0.6) is 0 Å². The van der Waals surface area contributed by atoms with Gasteiger partial charge in [0.2, 0.25) is 0 Å². The second-order valence-electron chi connectivity index (χ2n) is 5.02. The van der Waals surface area contributed by atoms with Crippen molar-refractivity contribution in [3.05, 3.63) is 29.1 Å². The fraction of sp³-hybridized carbons (Fsp3) is 0.571. The second kappa shape index (κ2) is 4.65. The van der Waals surface area contributed by atoms with Crippen LogP contribution in [0.3, 0.4) is 0 Å². The van der Waals surface area contributed by atoms with Crippen LogP contribution in [0.2, 0.25) is 0 Å². The summed E-state index contributed by atoms with van der Waals surface area (Å²) in [4.78, 5) is 2.17. The molecule has 3 rings (SSSR count). The average molecular weight is 234 g/mol. The second-order valence-corrected chi connectivity index (χ2v) is 5.02. The molecule has 0 saturated carbocycles. The van der Waals surface area contributed by atoms with E-state index >= 15 is 0 Å². The van der Waals surface area contributed by atoms with Crippen molar-refractivity contribution in [2.24, 2.45) is 0 Å². The predicted molar refractivity (Wildman–Crippen MR) is 68.1 cm³/mol. The summed E-state index contributed by atoms with van der Waals surface area (Å²) in [6.07, 6.45) is 4.63. The van der Waals surface area contributed by atoms with E-state index in [2.05, 4.69) is 16.3 Å². The van der Waals surface area contributed by atoms with Gasteiger partial charge in [-0.3, -0.25) is 0 Å². The minimum absolute atomic E-state index is 0.0347. The molecule has 2 aliphatic rings. The van der Waals surface area contributed by atoms with Crippen molar-refractivity contribution in [1.82, 2.24) is 5.32 Å². The molecule has 0 amide bonds. The molecular formula is C14H19FN2. The summed E-state index contributed by atoms with van der Waals surface area (Å²) in [5, 5.41) is 3.30. The van der Waals surface area contributed by atoms with E-state index in [9.17, 15) is 4.39 Å². The largest absolute Gasteiger partial charge is 0.367 e. The van der Waals surface area contributed by atoms with E-state index < -0.39 is 0 Å². The zero-order chi connectivity index (χ0) is 11.7. The van der Waals surface area contributed by atoms with Gasteiger partial charge in [0.05, 0.1) is 5.69 Å². The van der Waals surface area contributed by atoms with Gasteiger partial charge in [-0.15, -0.1) is 0 Å². The Balaban J connectivity index is 1.93. The lowest BCUT2D eigenvalue weighted by atomic mass is 9.91. The first-order valence-corrected chi connectivity index (χ1v) is 6.61. The maximum Gasteiger partial charge on any atom is 0.146 e. The van der Waals surface area contributed by atoms with Crippen molar-refractivity contribution in [3.8, 4) is 0 Å². The number of anilines is 1. The number of hydrogen-bond acceptors (Lipinski definition) is 2. The SMILES string of the molecule is Fc1cc2c(cc1N1CCNCC1)CCCC2. The number of halogens is 1. The molecule has 1 aliphatic heterocycles. The maximum absolute atomic E-state index is 14.1. The summed E-state index contributed by atoms with van der Waals surface area (Å²) < 4.78 is 14.1. The predicted octanol–water partition coefficient (Wildman–Crippen LogP) is 2.11. The average Bonchev–Trinajstić information content (AvgIpc) is 2.39. The van der Waals surface area contributed by atoms with Crippen LogP contribution in [0.15, 0.2) is 12.1 Å². The lowest BCUT2D eigenvalue weighted by Crippen LogP contribution is -2.44. The first kappa shape index (κ1) is 11.0. The molecule has 1 aliphatic carbocycles. The topological polar surface area (TPSA) is 15.3 Å². The van der Waals surface area contributed by atoms with E-state index in [-0.39, 0.29) is 5.82 Å². The highest BCUT2D eigenvalue weighted by atomic mass is 19.1. The molecule has 3 heteroatoms. The third kappa shape index (κ3) is 2.16. The lowest BCUT2D eigenvalue weighted by Gasteiger charge is -2.31. The lowest BCUT2D eigenvalue weighted by molar-refractivity contribution is 0.562. The highest BCUT2D eigenvalue weighted by molar-refractivity contribution is 5.53. The van der Waals surface area contributed by atoms with Crippen LogP contribution < -0.4 is 10.2 Å². The summed E-state index contributed by atoms with van der Waals surface area (Å²) >= 11 is 0. The number of rotatable bonds is 1. The van der Waals surface area contributed by atoms with Crippen LogP contribution in [0.4, 0.5) is 10.1 Å². The number of aryl methyl sites for hydroxylation is 2. The molecule has 0 unspecified atom stereocenters. The molecular weight excluding hydrogens is 215 g/mol. The zero-order valence-corrected chi connectivity index (χ0v) is 10.1. The Morgan fingerprint density at radius 1 is 1.00 bits per heavy atom. The Hall–Kier alpha value is -1.09. The number of nitrogens with zero attached hydrogens (tertiary/aromatic N) is 1. The van der Waals surface area contributed by atoms with Crippen molar-refractivity contribution < 1.29 is 4.39 Å². The fourth-order valence-electron chi connectivity index (χ4n) is 2.89. The van der Waals surface area contributed by atoms with Crippen LogP contribution in [0, 0.1) is 5.82 Å². The van der Waals surface area contributed by atoms with E-state index in [1.165, 1.54) is 24.0 Å². The van der Waals surface area contributed by atoms with Crippen molar-refractivity contribution >= 4 is 5.69 Å². The summed E-state index contributed by atoms with van der Waals surface area (Å²) in [6, 6.07) is 3.86. The smallest absolute Gasteiger partial charge is 0.146 e. The summed E-state index contributed by atoms with van der Waals surface area (Å²) in [6.45, 7) is 3.73. The van der Waals surface area contributed by atoms with E-state index in [4.69, 9.17) is 0 Å². The van der Waals surface area contributed by atoms with Crippen molar-refractivity contribution in [1.29, 1.82) is 0 Å². The number of fused-ring (bicyclic) bond motifs is 1. The molecule has 1 heterocycles. The minimum Gasteiger partial charge on any atom is -0.367 e. The van der Waals surface area contributed by atoms with E-state index in [0.29, 0.717) is 0 Å². The Morgan fingerprint density at radius 3 is 2.35 bits per heavy atom. The highest BCUT2D eigenvalue weighted by Crippen LogP contribution is 2.29. The van der Waals surface area contributed by atoms with Gasteiger partial charge in [0.15, 0.2) is 0 Å². The standard InChI is InChI=1S/C14H19FN2/c15-13-9-11-3-1-2-4-12(11)10-14(13)17-7-5-16-6-8-17/h9-10,16H,1-8H2. The van der Waals surface area contributed by atoms with Gasteiger partial charge in [0, 0.05) is 26.2 Å². The van der Waals surface area contributed by atoms with Crippen molar-refractivity contribution in [3.63, 3.8) is 0 Å².